The van der Waals surface area contributed by atoms with Crippen LogP contribution in [0, 0.1) is 0 Å². The van der Waals surface area contributed by atoms with Gasteiger partial charge in [-0.15, -0.1) is 0 Å². The van der Waals surface area contributed by atoms with Gasteiger partial charge < -0.3 is 4.74 Å². The van der Waals surface area contributed by atoms with Crippen molar-refractivity contribution >= 4 is 6.08 Å². The molecule has 0 amide bonds. The van der Waals surface area contributed by atoms with E-state index >= 15 is 0 Å². The van der Waals surface area contributed by atoms with Crippen LogP contribution in [0.4, 0.5) is 9.09 Å². The zero-order chi connectivity index (χ0) is 10.5. The van der Waals surface area contributed by atoms with Crippen molar-refractivity contribution in [3.63, 3.8) is 0 Å². The SMILES string of the molecule is C=Cc1ccccc1.CF.COC.F. The maximum Gasteiger partial charge on any atom is 0.0785 e. The molecule has 0 atom stereocenters. The number of alkyl halides is 1. The Kier molecular flexibility index (Phi) is 23.5. The van der Waals surface area contributed by atoms with Crippen LogP contribution in [0.5, 0.6) is 0 Å². The Morgan fingerprint density at radius 2 is 1.50 bits per heavy atom. The van der Waals surface area contributed by atoms with Crippen molar-refractivity contribution in [3.8, 4) is 0 Å². The fraction of sp³-hybridized carbons (Fsp3) is 0.273. The molecule has 0 aliphatic rings. The third kappa shape index (κ3) is 13.4. The van der Waals surface area contributed by atoms with Gasteiger partial charge in [0.1, 0.15) is 0 Å². The van der Waals surface area contributed by atoms with Crippen molar-refractivity contribution in [2.24, 2.45) is 0 Å². The van der Waals surface area contributed by atoms with Gasteiger partial charge in [0, 0.05) is 14.2 Å². The number of methoxy groups -OCH3 is 1. The molecule has 0 N–H and O–H groups in total. The lowest BCUT2D eigenvalue weighted by Crippen LogP contribution is -1.63. The molecule has 0 heterocycles. The highest BCUT2D eigenvalue weighted by Gasteiger charge is 1.75. The minimum Gasteiger partial charge on any atom is -0.388 e. The second-order valence-corrected chi connectivity index (χ2v) is 2.02. The summed E-state index contributed by atoms with van der Waals surface area (Å²) in [5.41, 5.74) is 1.17. The summed E-state index contributed by atoms with van der Waals surface area (Å²) >= 11 is 0. The van der Waals surface area contributed by atoms with Gasteiger partial charge in [-0.3, -0.25) is 9.09 Å². The fourth-order valence-corrected chi connectivity index (χ4v) is 0.589. The van der Waals surface area contributed by atoms with Crippen LogP contribution in [0.1, 0.15) is 5.56 Å². The Hall–Kier alpha value is -1.22. The third-order valence-electron chi connectivity index (χ3n) is 1.04. The Morgan fingerprint density at radius 1 is 1.14 bits per heavy atom. The first-order valence-electron chi connectivity index (χ1n) is 3.80. The first kappa shape index (κ1) is 18.5. The predicted molar refractivity (Wildman–Crippen MR) is 59.0 cm³/mol. The van der Waals surface area contributed by atoms with E-state index in [2.05, 4.69) is 11.3 Å². The summed E-state index contributed by atoms with van der Waals surface area (Å²) in [6.45, 7) is 3.63. The Labute approximate surface area is 84.6 Å². The molecule has 0 saturated heterocycles. The lowest BCUT2D eigenvalue weighted by molar-refractivity contribution is 0.277. The number of hydrogen-bond donors (Lipinski definition) is 0. The monoisotopic (exact) mass is 204 g/mol. The van der Waals surface area contributed by atoms with E-state index in [-0.39, 0.29) is 4.70 Å². The molecule has 82 valence electrons. The highest BCUT2D eigenvalue weighted by atomic mass is 19.1. The van der Waals surface area contributed by atoms with Crippen LogP contribution in [0.25, 0.3) is 6.08 Å². The molecular formula is C11H18F2O. The molecule has 0 aliphatic heterocycles. The summed E-state index contributed by atoms with van der Waals surface area (Å²) in [5, 5.41) is 0. The molecule has 1 nitrogen and oxygen atoms in total. The third-order valence-corrected chi connectivity index (χ3v) is 1.04. The van der Waals surface area contributed by atoms with Gasteiger partial charge >= 0.3 is 0 Å². The van der Waals surface area contributed by atoms with Crippen molar-refractivity contribution in [2.45, 2.75) is 0 Å². The van der Waals surface area contributed by atoms with Gasteiger partial charge in [-0.05, 0) is 5.56 Å². The van der Waals surface area contributed by atoms with Gasteiger partial charge in [-0.25, -0.2) is 0 Å². The maximum absolute atomic E-state index is 9.50. The summed E-state index contributed by atoms with van der Waals surface area (Å²) in [6.07, 6.45) is 1.83. The summed E-state index contributed by atoms with van der Waals surface area (Å²) in [6, 6.07) is 10.0. The van der Waals surface area contributed by atoms with Gasteiger partial charge in [0.15, 0.2) is 0 Å². The second-order valence-electron chi connectivity index (χ2n) is 2.02. The lowest BCUT2D eigenvalue weighted by atomic mass is 10.2. The molecule has 1 aromatic carbocycles. The smallest absolute Gasteiger partial charge is 0.0785 e. The Bertz CT molecular complexity index is 188. The zero-order valence-electron chi connectivity index (χ0n) is 8.87. The van der Waals surface area contributed by atoms with Crippen molar-refractivity contribution in [2.75, 3.05) is 21.4 Å². The van der Waals surface area contributed by atoms with Crippen LogP contribution in [0.2, 0.25) is 0 Å². The summed E-state index contributed by atoms with van der Waals surface area (Å²) < 4.78 is 13.8. The molecule has 0 aromatic heterocycles. The standard InChI is InChI=1S/C8H8.C2H6O.CH3F.FH/c1-2-8-6-4-3-5-7-8;1-3-2;1-2;/h2-7H,1H2;1-2H3;1H3;1H. The molecule has 0 bridgehead atoms. The topological polar surface area (TPSA) is 9.23 Å². The average molecular weight is 204 g/mol. The van der Waals surface area contributed by atoms with Gasteiger partial charge in [0.2, 0.25) is 0 Å². The van der Waals surface area contributed by atoms with E-state index in [1.807, 2.05) is 36.4 Å². The molecule has 1 aromatic rings. The van der Waals surface area contributed by atoms with Gasteiger partial charge in [0.25, 0.3) is 0 Å². The Balaban J connectivity index is -0.000000176. The quantitative estimate of drug-likeness (QED) is 0.681. The average Bonchev–Trinajstić information content (AvgIpc) is 2.23. The highest BCUT2D eigenvalue weighted by Crippen LogP contribution is 1.97. The fourth-order valence-electron chi connectivity index (χ4n) is 0.589. The number of rotatable bonds is 1. The molecule has 0 saturated carbocycles. The predicted octanol–water partition coefficient (Wildman–Crippen LogP) is 3.33. The summed E-state index contributed by atoms with van der Waals surface area (Å²) in [7, 11) is 3.75. The van der Waals surface area contributed by atoms with Crippen LogP contribution >= 0.6 is 0 Å². The van der Waals surface area contributed by atoms with Crippen LogP contribution in [-0.2, 0) is 4.74 Å². The molecule has 0 unspecified atom stereocenters. The minimum atomic E-state index is 0. The first-order valence-corrected chi connectivity index (χ1v) is 3.80. The van der Waals surface area contributed by atoms with E-state index in [0.29, 0.717) is 7.18 Å². The van der Waals surface area contributed by atoms with Crippen LogP contribution in [0.3, 0.4) is 0 Å². The first-order chi connectivity index (χ1) is 6.35. The molecule has 0 aliphatic carbocycles. The normalized spacial score (nSPS) is 6.57. The lowest BCUT2D eigenvalue weighted by Gasteiger charge is -1.85. The molecule has 1 rings (SSSR count). The zero-order valence-corrected chi connectivity index (χ0v) is 8.87. The minimum absolute atomic E-state index is 0. The second kappa shape index (κ2) is 17.8. The number of halogens is 2. The van der Waals surface area contributed by atoms with E-state index in [0.717, 1.165) is 0 Å². The van der Waals surface area contributed by atoms with E-state index in [1.165, 1.54) is 5.56 Å². The van der Waals surface area contributed by atoms with Gasteiger partial charge in [-0.1, -0.05) is 43.0 Å². The Morgan fingerprint density at radius 3 is 1.71 bits per heavy atom. The number of hydrogen-bond acceptors (Lipinski definition) is 1. The summed E-state index contributed by atoms with van der Waals surface area (Å²) in [4.78, 5) is 0. The van der Waals surface area contributed by atoms with Crippen molar-refractivity contribution in [3.05, 3.63) is 42.5 Å². The van der Waals surface area contributed by atoms with Crippen LogP contribution in [-0.4, -0.2) is 21.4 Å². The maximum atomic E-state index is 9.50. The van der Waals surface area contributed by atoms with E-state index in [4.69, 9.17) is 0 Å². The number of ether oxygens (including phenoxy) is 1. The molecular weight excluding hydrogens is 186 g/mol. The molecule has 0 fully saturated rings. The molecule has 14 heavy (non-hydrogen) atoms. The van der Waals surface area contributed by atoms with Crippen molar-refractivity contribution in [1.82, 2.24) is 0 Å². The van der Waals surface area contributed by atoms with E-state index in [9.17, 15) is 4.39 Å². The molecule has 0 radical (unpaired) electrons. The molecule has 3 heteroatoms. The van der Waals surface area contributed by atoms with Gasteiger partial charge in [0.05, 0.1) is 7.18 Å². The van der Waals surface area contributed by atoms with Crippen LogP contribution < -0.4 is 0 Å². The van der Waals surface area contributed by atoms with Crippen molar-refractivity contribution in [1.29, 1.82) is 0 Å². The summed E-state index contributed by atoms with van der Waals surface area (Å²) in [5.74, 6) is 0. The van der Waals surface area contributed by atoms with E-state index < -0.39 is 0 Å². The highest BCUT2D eigenvalue weighted by molar-refractivity contribution is 5.45. The largest absolute Gasteiger partial charge is 0.388 e. The van der Waals surface area contributed by atoms with Crippen LogP contribution in [0.15, 0.2) is 36.9 Å². The van der Waals surface area contributed by atoms with Gasteiger partial charge in [-0.2, -0.15) is 0 Å². The number of benzene rings is 1. The van der Waals surface area contributed by atoms with Crippen molar-refractivity contribution < 1.29 is 13.8 Å². The molecule has 0 spiro atoms. The van der Waals surface area contributed by atoms with E-state index in [1.54, 1.807) is 14.2 Å².